The van der Waals surface area contributed by atoms with Gasteiger partial charge in [0.05, 0.1) is 28.4 Å². The number of carbonyl (C=O) groups excluding carboxylic acids is 1. The van der Waals surface area contributed by atoms with Crippen molar-refractivity contribution >= 4 is 11.6 Å². The van der Waals surface area contributed by atoms with Crippen LogP contribution in [0, 0.1) is 0 Å². The first kappa shape index (κ1) is 21.8. The largest absolute Gasteiger partial charge is 0.497 e. The summed E-state index contributed by atoms with van der Waals surface area (Å²) in [7, 11) is 6.28. The number of benzene rings is 3. The summed E-state index contributed by atoms with van der Waals surface area (Å²) >= 11 is 0. The van der Waals surface area contributed by atoms with Crippen molar-refractivity contribution in [3.63, 3.8) is 0 Å². The number of rotatable bonds is 9. The number of methoxy groups -OCH3 is 4. The van der Waals surface area contributed by atoms with E-state index >= 15 is 0 Å². The first-order valence-electron chi connectivity index (χ1n) is 9.55. The highest BCUT2D eigenvalue weighted by molar-refractivity contribution is 6.04. The summed E-state index contributed by atoms with van der Waals surface area (Å²) in [6, 6.07) is 17.7. The van der Waals surface area contributed by atoms with Gasteiger partial charge in [0, 0.05) is 28.9 Å². The van der Waals surface area contributed by atoms with Gasteiger partial charge in [-0.05, 0) is 42.5 Å². The molecular weight excluding hydrogens is 398 g/mol. The molecular formula is C24H25NO6. The Morgan fingerprint density at radius 3 is 2.16 bits per heavy atom. The minimum absolute atomic E-state index is 0.230. The predicted molar refractivity (Wildman–Crippen MR) is 118 cm³/mol. The van der Waals surface area contributed by atoms with Gasteiger partial charge in [0.25, 0.3) is 5.91 Å². The van der Waals surface area contributed by atoms with E-state index in [1.54, 1.807) is 70.9 Å². The Morgan fingerprint density at radius 2 is 1.45 bits per heavy atom. The molecule has 1 N–H and O–H groups in total. The molecule has 0 aromatic heterocycles. The van der Waals surface area contributed by atoms with E-state index in [1.165, 1.54) is 0 Å². The number of hydrogen-bond donors (Lipinski definition) is 1. The molecule has 3 aromatic carbocycles. The molecule has 162 valence electrons. The molecule has 0 aliphatic carbocycles. The first-order chi connectivity index (χ1) is 15.1. The maximum atomic E-state index is 12.8. The molecule has 3 rings (SSSR count). The number of carbonyl (C=O) groups is 1. The lowest BCUT2D eigenvalue weighted by Crippen LogP contribution is -2.13. The van der Waals surface area contributed by atoms with Crippen LogP contribution in [0.3, 0.4) is 0 Å². The molecule has 0 aliphatic heterocycles. The van der Waals surface area contributed by atoms with Crippen molar-refractivity contribution in [2.75, 3.05) is 33.8 Å². The summed E-state index contributed by atoms with van der Waals surface area (Å²) < 4.78 is 27.0. The quantitative estimate of drug-likeness (QED) is 0.544. The maximum Gasteiger partial charge on any atom is 0.255 e. The van der Waals surface area contributed by atoms with E-state index in [2.05, 4.69) is 5.32 Å². The van der Waals surface area contributed by atoms with E-state index in [0.29, 0.717) is 40.0 Å². The molecule has 0 bridgehead atoms. The lowest BCUT2D eigenvalue weighted by atomic mass is 10.1. The maximum absolute atomic E-state index is 12.8. The minimum Gasteiger partial charge on any atom is -0.497 e. The number of amides is 1. The highest BCUT2D eigenvalue weighted by atomic mass is 16.5. The van der Waals surface area contributed by atoms with E-state index in [-0.39, 0.29) is 12.5 Å². The Labute approximate surface area is 181 Å². The zero-order valence-electron chi connectivity index (χ0n) is 17.9. The Balaban J connectivity index is 1.76. The van der Waals surface area contributed by atoms with Crippen molar-refractivity contribution in [3.05, 3.63) is 71.8 Å². The number of ether oxygens (including phenoxy) is 5. The van der Waals surface area contributed by atoms with Crippen molar-refractivity contribution in [1.29, 1.82) is 0 Å². The molecule has 0 atom stereocenters. The van der Waals surface area contributed by atoms with Crippen LogP contribution in [-0.4, -0.2) is 34.3 Å². The molecule has 0 unspecified atom stereocenters. The molecule has 31 heavy (non-hydrogen) atoms. The zero-order chi connectivity index (χ0) is 22.2. The van der Waals surface area contributed by atoms with E-state index < -0.39 is 0 Å². The summed E-state index contributed by atoms with van der Waals surface area (Å²) in [5.41, 5.74) is 1.80. The Hall–Kier alpha value is -3.87. The fourth-order valence-electron chi connectivity index (χ4n) is 3.00. The van der Waals surface area contributed by atoms with Crippen LogP contribution >= 0.6 is 0 Å². The summed E-state index contributed by atoms with van der Waals surface area (Å²) in [6.45, 7) is 0.230. The average Bonchev–Trinajstić information content (AvgIpc) is 2.82. The molecule has 1 amide bonds. The zero-order valence-corrected chi connectivity index (χ0v) is 17.9. The summed E-state index contributed by atoms with van der Waals surface area (Å²) in [4.78, 5) is 12.8. The van der Waals surface area contributed by atoms with Crippen molar-refractivity contribution in [2.45, 2.75) is 6.61 Å². The minimum atomic E-state index is -0.266. The van der Waals surface area contributed by atoms with E-state index in [1.807, 2.05) is 18.2 Å². The van der Waals surface area contributed by atoms with Crippen molar-refractivity contribution in [3.8, 4) is 28.7 Å². The van der Waals surface area contributed by atoms with Gasteiger partial charge in [0.2, 0.25) is 0 Å². The van der Waals surface area contributed by atoms with Crippen LogP contribution in [0.15, 0.2) is 60.7 Å². The van der Waals surface area contributed by atoms with Crippen LogP contribution in [0.1, 0.15) is 15.9 Å². The molecule has 0 radical (unpaired) electrons. The molecule has 0 aliphatic rings. The molecule has 0 spiro atoms. The molecule has 0 saturated carbocycles. The second kappa shape index (κ2) is 10.2. The molecule has 7 nitrogen and oxygen atoms in total. The van der Waals surface area contributed by atoms with Gasteiger partial charge in [-0.2, -0.15) is 0 Å². The third kappa shape index (κ3) is 5.39. The Morgan fingerprint density at radius 1 is 0.742 bits per heavy atom. The van der Waals surface area contributed by atoms with E-state index in [4.69, 9.17) is 23.7 Å². The van der Waals surface area contributed by atoms with Crippen LogP contribution in [0.25, 0.3) is 0 Å². The molecule has 3 aromatic rings. The van der Waals surface area contributed by atoms with Crippen LogP contribution in [0.2, 0.25) is 0 Å². The third-order valence-corrected chi connectivity index (χ3v) is 4.62. The molecule has 7 heteroatoms. The topological polar surface area (TPSA) is 75.3 Å². The monoisotopic (exact) mass is 423 g/mol. The van der Waals surface area contributed by atoms with Crippen LogP contribution < -0.4 is 29.0 Å². The second-order valence-electron chi connectivity index (χ2n) is 6.52. The fraction of sp³-hybridized carbons (Fsp3) is 0.208. The summed E-state index contributed by atoms with van der Waals surface area (Å²) in [5, 5.41) is 2.87. The van der Waals surface area contributed by atoms with Gasteiger partial charge >= 0.3 is 0 Å². The predicted octanol–water partition coefficient (Wildman–Crippen LogP) is 4.55. The van der Waals surface area contributed by atoms with Gasteiger partial charge in [-0.3, -0.25) is 4.79 Å². The van der Waals surface area contributed by atoms with Crippen LogP contribution in [0.4, 0.5) is 5.69 Å². The summed E-state index contributed by atoms with van der Waals surface area (Å²) in [6.07, 6.45) is 0. The molecule has 0 fully saturated rings. The van der Waals surface area contributed by atoms with Gasteiger partial charge in [-0.25, -0.2) is 0 Å². The lowest BCUT2D eigenvalue weighted by molar-refractivity contribution is 0.102. The Bertz CT molecular complexity index is 1050. The highest BCUT2D eigenvalue weighted by Crippen LogP contribution is 2.30. The third-order valence-electron chi connectivity index (χ3n) is 4.62. The van der Waals surface area contributed by atoms with Crippen molar-refractivity contribution < 1.29 is 28.5 Å². The van der Waals surface area contributed by atoms with Gasteiger partial charge < -0.3 is 29.0 Å². The van der Waals surface area contributed by atoms with Crippen molar-refractivity contribution in [2.24, 2.45) is 0 Å². The number of anilines is 1. The van der Waals surface area contributed by atoms with Gasteiger partial charge in [0.15, 0.2) is 11.5 Å². The average molecular weight is 423 g/mol. The Kier molecular flexibility index (Phi) is 7.22. The van der Waals surface area contributed by atoms with E-state index in [9.17, 15) is 4.79 Å². The van der Waals surface area contributed by atoms with Gasteiger partial charge in [-0.1, -0.05) is 6.07 Å². The fourth-order valence-corrected chi connectivity index (χ4v) is 3.00. The molecule has 0 heterocycles. The highest BCUT2D eigenvalue weighted by Gasteiger charge is 2.13. The van der Waals surface area contributed by atoms with Gasteiger partial charge in [-0.15, -0.1) is 0 Å². The first-order valence-corrected chi connectivity index (χ1v) is 9.55. The lowest BCUT2D eigenvalue weighted by Gasteiger charge is -2.13. The number of nitrogens with one attached hydrogen (secondary N) is 1. The summed E-state index contributed by atoms with van der Waals surface area (Å²) in [5.74, 6) is 2.83. The van der Waals surface area contributed by atoms with Crippen LogP contribution in [0.5, 0.6) is 28.7 Å². The van der Waals surface area contributed by atoms with E-state index in [0.717, 1.165) is 5.56 Å². The SMILES string of the molecule is COc1cccc(OCc2cc(C(=O)Nc3ccc(OC)c(OC)c3)ccc2OC)c1. The number of hydrogen-bond acceptors (Lipinski definition) is 6. The normalized spacial score (nSPS) is 10.2. The van der Waals surface area contributed by atoms with Gasteiger partial charge in [0.1, 0.15) is 23.9 Å². The second-order valence-corrected chi connectivity index (χ2v) is 6.52. The smallest absolute Gasteiger partial charge is 0.255 e. The van der Waals surface area contributed by atoms with Crippen LogP contribution in [-0.2, 0) is 6.61 Å². The van der Waals surface area contributed by atoms with Crippen molar-refractivity contribution in [1.82, 2.24) is 0 Å². The molecule has 0 saturated heterocycles. The standard InChI is InChI=1S/C24H25NO6/c1-27-19-6-5-7-20(14-19)31-15-17-12-16(8-10-21(17)28-2)24(26)25-18-9-11-22(29-3)23(13-18)30-4/h5-14H,15H2,1-4H3,(H,25,26).